The summed E-state index contributed by atoms with van der Waals surface area (Å²) in [5.74, 6) is 2.68. The molecule has 0 aromatic heterocycles. The van der Waals surface area contributed by atoms with Gasteiger partial charge in [0.2, 0.25) is 18.6 Å². The van der Waals surface area contributed by atoms with E-state index in [1.807, 2.05) is 6.07 Å². The summed E-state index contributed by atoms with van der Waals surface area (Å²) in [6, 6.07) is 1.32. The number of nitrogens with zero attached hydrogens (tertiary/aromatic N) is 5. The number of nitrogens with one attached hydrogen (secondary N) is 1. The van der Waals surface area contributed by atoms with E-state index in [1.54, 1.807) is 23.5 Å². The minimum Gasteiger partial charge on any atom is -0.380 e. The summed E-state index contributed by atoms with van der Waals surface area (Å²) >= 11 is 0. The highest BCUT2D eigenvalue weighted by Crippen LogP contribution is 2.61. The Balaban J connectivity index is 1.68. The van der Waals surface area contributed by atoms with Gasteiger partial charge in [-0.2, -0.15) is 9.84 Å². The SMILES string of the molecule is C=C(NCC(=O)N1CC(F)CC1C#N)C1(C)CCC(C)(N=C[N+]2=C=CN=C2)C1(C)C. The van der Waals surface area contributed by atoms with E-state index in [1.165, 1.54) is 4.90 Å². The Morgan fingerprint density at radius 1 is 1.50 bits per heavy atom. The lowest BCUT2D eigenvalue weighted by molar-refractivity contribution is -0.233. The second-order valence-electron chi connectivity index (χ2n) is 9.26. The molecule has 1 saturated heterocycles. The number of halogens is 1. The van der Waals surface area contributed by atoms with Gasteiger partial charge in [0, 0.05) is 22.9 Å². The van der Waals surface area contributed by atoms with Crippen molar-refractivity contribution in [1.82, 2.24) is 10.2 Å². The molecule has 1 saturated carbocycles. The number of hydrogen-bond acceptors (Lipinski definition) is 5. The maximum atomic E-state index is 13.6. The van der Waals surface area contributed by atoms with Crippen LogP contribution in [-0.2, 0) is 4.79 Å². The first-order valence-electron chi connectivity index (χ1n) is 10.3. The summed E-state index contributed by atoms with van der Waals surface area (Å²) in [6.45, 7) is 12.8. The van der Waals surface area contributed by atoms with Gasteiger partial charge in [-0.1, -0.05) is 27.4 Å². The van der Waals surface area contributed by atoms with Crippen LogP contribution in [0.2, 0.25) is 0 Å². The molecule has 2 aliphatic heterocycles. The van der Waals surface area contributed by atoms with Crippen molar-refractivity contribution in [3.8, 4) is 6.07 Å². The third-order valence-corrected chi connectivity index (χ3v) is 7.62. The van der Waals surface area contributed by atoms with E-state index in [0.29, 0.717) is 0 Å². The van der Waals surface area contributed by atoms with Crippen LogP contribution in [0.25, 0.3) is 0 Å². The van der Waals surface area contributed by atoms with Gasteiger partial charge in [-0.3, -0.25) is 4.79 Å². The van der Waals surface area contributed by atoms with Crippen molar-refractivity contribution in [3.63, 3.8) is 0 Å². The number of carbonyl (C=O) groups excluding carboxylic acids is 1. The van der Waals surface area contributed by atoms with E-state index in [0.717, 1.165) is 18.5 Å². The Morgan fingerprint density at radius 3 is 2.87 bits per heavy atom. The molecule has 4 atom stereocenters. The second-order valence-corrected chi connectivity index (χ2v) is 9.26. The van der Waals surface area contributed by atoms with Crippen LogP contribution in [0.3, 0.4) is 0 Å². The summed E-state index contributed by atoms with van der Waals surface area (Å²) in [7, 11) is 0. The fourth-order valence-corrected chi connectivity index (χ4v) is 4.62. The van der Waals surface area contributed by atoms with Gasteiger partial charge in [-0.25, -0.2) is 4.39 Å². The molecule has 7 nitrogen and oxygen atoms in total. The molecule has 8 heteroatoms. The minimum absolute atomic E-state index is 0.000613. The lowest BCUT2D eigenvalue weighted by Gasteiger charge is -2.44. The van der Waals surface area contributed by atoms with Crippen molar-refractivity contribution >= 4 is 24.5 Å². The van der Waals surface area contributed by atoms with E-state index in [4.69, 9.17) is 10.3 Å². The molecule has 3 rings (SSSR count). The van der Waals surface area contributed by atoms with Crippen LogP contribution in [0.1, 0.15) is 47.0 Å². The zero-order valence-corrected chi connectivity index (χ0v) is 18.2. The smallest absolute Gasteiger partial charge is 0.243 e. The van der Waals surface area contributed by atoms with Gasteiger partial charge in [-0.15, -0.1) is 9.98 Å². The number of allylic oxidation sites excluding steroid dienone is 1. The van der Waals surface area contributed by atoms with Gasteiger partial charge in [0.1, 0.15) is 17.8 Å². The van der Waals surface area contributed by atoms with E-state index < -0.39 is 12.2 Å². The summed E-state index contributed by atoms with van der Waals surface area (Å²) < 4.78 is 15.3. The average Bonchev–Trinajstić information content (AvgIpc) is 3.40. The Bertz CT molecular complexity index is 909. The largest absolute Gasteiger partial charge is 0.380 e. The first-order chi connectivity index (χ1) is 14.0. The molecule has 0 aromatic carbocycles. The van der Waals surface area contributed by atoms with Crippen LogP contribution < -0.4 is 5.32 Å². The molecule has 0 radical (unpaired) electrons. The molecule has 0 spiro atoms. The van der Waals surface area contributed by atoms with Gasteiger partial charge >= 0.3 is 0 Å². The summed E-state index contributed by atoms with van der Waals surface area (Å²) in [4.78, 5) is 22.7. The fraction of sp³-hybridized carbons (Fsp3) is 0.636. The van der Waals surface area contributed by atoms with E-state index in [-0.39, 0.29) is 41.8 Å². The molecule has 1 amide bonds. The highest BCUT2D eigenvalue weighted by molar-refractivity contribution is 5.79. The first kappa shape index (κ1) is 21.9. The van der Waals surface area contributed by atoms with Gasteiger partial charge in [-0.05, 0) is 19.8 Å². The van der Waals surface area contributed by atoms with E-state index >= 15 is 0 Å². The molecule has 0 bridgehead atoms. The average molecular weight is 414 g/mol. The number of carbonyl (C=O) groups is 1. The predicted molar refractivity (Wildman–Crippen MR) is 114 cm³/mol. The Morgan fingerprint density at radius 2 is 2.23 bits per heavy atom. The Labute approximate surface area is 177 Å². The molecular formula is C22H30FN6O+. The monoisotopic (exact) mass is 413 g/mol. The number of likely N-dealkylation sites (tertiary alicyclic amines) is 1. The number of alkyl halides is 1. The molecule has 30 heavy (non-hydrogen) atoms. The number of amides is 1. The van der Waals surface area contributed by atoms with Crippen molar-refractivity contribution in [2.75, 3.05) is 13.1 Å². The number of hydrogen-bond donors (Lipinski definition) is 1. The molecule has 160 valence electrons. The van der Waals surface area contributed by atoms with Gasteiger partial charge in [0.15, 0.2) is 6.20 Å². The van der Waals surface area contributed by atoms with E-state index in [2.05, 4.69) is 50.5 Å². The molecule has 1 aliphatic carbocycles. The minimum atomic E-state index is -1.14. The summed E-state index contributed by atoms with van der Waals surface area (Å²) in [6.07, 6.45) is 5.64. The van der Waals surface area contributed by atoms with Crippen molar-refractivity contribution in [3.05, 3.63) is 18.5 Å². The van der Waals surface area contributed by atoms with E-state index in [9.17, 15) is 9.18 Å². The quantitative estimate of drug-likeness (QED) is 0.412. The van der Waals surface area contributed by atoms with Crippen molar-refractivity contribution in [2.24, 2.45) is 20.8 Å². The Hall–Kier alpha value is -2.78. The lowest BCUT2D eigenvalue weighted by Crippen LogP contribution is -2.48. The number of nitriles is 1. The topological polar surface area (TPSA) is 83.9 Å². The first-order valence-corrected chi connectivity index (χ1v) is 10.3. The van der Waals surface area contributed by atoms with Gasteiger partial charge in [0.25, 0.3) is 0 Å². The maximum absolute atomic E-state index is 13.6. The zero-order valence-electron chi connectivity index (χ0n) is 18.2. The molecule has 3 aliphatic rings. The third-order valence-electron chi connectivity index (χ3n) is 7.62. The van der Waals surface area contributed by atoms with Gasteiger partial charge in [0.05, 0.1) is 25.0 Å². The molecule has 2 fully saturated rings. The number of aliphatic imine (C=N–C) groups is 2. The van der Waals surface area contributed by atoms with Crippen molar-refractivity contribution < 1.29 is 13.8 Å². The standard InChI is InChI=1S/C22H30FN6O/c1-16(26-12-19(30)29-13-17(23)10-18(29)11-24)21(4)6-7-22(5,20(21,2)3)27-15-28-9-8-25-14-28/h8,14-15,17-18,26H,1,6-7,10,12-13H2,2-5H3/q+1. The highest BCUT2D eigenvalue weighted by Gasteiger charge is 2.61. The Kier molecular flexibility index (Phi) is 5.70. The predicted octanol–water partition coefficient (Wildman–Crippen LogP) is 2.40. The van der Waals surface area contributed by atoms with Crippen LogP contribution in [-0.4, -0.2) is 64.8 Å². The van der Waals surface area contributed by atoms with Crippen molar-refractivity contribution in [1.29, 1.82) is 5.26 Å². The highest BCUT2D eigenvalue weighted by atomic mass is 19.1. The van der Waals surface area contributed by atoms with Crippen LogP contribution in [0.15, 0.2) is 28.5 Å². The van der Waals surface area contributed by atoms with Crippen LogP contribution in [0, 0.1) is 22.2 Å². The van der Waals surface area contributed by atoms with Gasteiger partial charge < -0.3 is 10.2 Å². The summed E-state index contributed by atoms with van der Waals surface area (Å²) in [5, 5.41) is 12.3. The molecular weight excluding hydrogens is 383 g/mol. The van der Waals surface area contributed by atoms with Crippen LogP contribution in [0.4, 0.5) is 4.39 Å². The summed E-state index contributed by atoms with van der Waals surface area (Å²) in [5.41, 5.74) is -0.132. The molecule has 2 heterocycles. The van der Waals surface area contributed by atoms with Crippen molar-refractivity contribution in [2.45, 2.75) is 64.7 Å². The maximum Gasteiger partial charge on any atom is 0.243 e. The zero-order chi connectivity index (χ0) is 22.2. The fourth-order valence-electron chi connectivity index (χ4n) is 4.62. The molecule has 1 N–H and O–H groups in total. The number of rotatable bonds is 6. The van der Waals surface area contributed by atoms with Crippen LogP contribution >= 0.6 is 0 Å². The lowest BCUT2D eigenvalue weighted by atomic mass is 9.62. The molecule has 4 unspecified atom stereocenters. The second kappa shape index (κ2) is 7.81. The molecule has 0 aromatic rings. The normalized spacial score (nSPS) is 34.4. The third kappa shape index (κ3) is 3.59. The van der Waals surface area contributed by atoms with Crippen LogP contribution in [0.5, 0.6) is 0 Å².